The highest BCUT2D eigenvalue weighted by atomic mass is 32.2. The standard InChI is InChI=1S/C30H37N3O5S/c1-6-28(30(35)31-7-2)32(20-24-11-9-13-26(19-24)38-5)29(34)21-33(25-12-8-10-23(4)18-25)39(36,37)27-16-14-22(3)15-17-27/h8-19,28H,6-7,20-21H2,1-5H3,(H,31,35)/t28-/m0/s1. The number of aryl methyl sites for hydroxylation is 2. The summed E-state index contributed by atoms with van der Waals surface area (Å²) in [5, 5.41) is 2.80. The average Bonchev–Trinajstić information content (AvgIpc) is 2.92. The predicted octanol–water partition coefficient (Wildman–Crippen LogP) is 4.45. The first-order chi connectivity index (χ1) is 18.6. The number of ether oxygens (including phenoxy) is 1. The SMILES string of the molecule is CCNC(=O)[C@H](CC)N(Cc1cccc(OC)c1)C(=O)CN(c1cccc(C)c1)S(=O)(=O)c1ccc(C)cc1. The van der Waals surface area contributed by atoms with E-state index in [1.165, 1.54) is 17.0 Å². The zero-order valence-electron chi connectivity index (χ0n) is 23.2. The first-order valence-electron chi connectivity index (χ1n) is 13.0. The molecule has 3 aromatic rings. The number of rotatable bonds is 12. The Kier molecular flexibility index (Phi) is 10.1. The number of methoxy groups -OCH3 is 1. The van der Waals surface area contributed by atoms with Gasteiger partial charge in [-0.3, -0.25) is 13.9 Å². The van der Waals surface area contributed by atoms with E-state index in [0.717, 1.165) is 21.0 Å². The van der Waals surface area contributed by atoms with Gasteiger partial charge in [0.2, 0.25) is 11.8 Å². The van der Waals surface area contributed by atoms with Crippen LogP contribution in [-0.2, 0) is 26.2 Å². The topological polar surface area (TPSA) is 96.0 Å². The third-order valence-corrected chi connectivity index (χ3v) is 8.19. The maximum atomic E-state index is 14.0. The van der Waals surface area contributed by atoms with Crippen molar-refractivity contribution in [3.8, 4) is 5.75 Å². The predicted molar refractivity (Wildman–Crippen MR) is 153 cm³/mol. The molecule has 3 aromatic carbocycles. The van der Waals surface area contributed by atoms with Gasteiger partial charge >= 0.3 is 0 Å². The van der Waals surface area contributed by atoms with Crippen molar-refractivity contribution in [2.75, 3.05) is 24.5 Å². The Morgan fingerprint density at radius 3 is 2.23 bits per heavy atom. The molecule has 8 nitrogen and oxygen atoms in total. The molecule has 9 heteroatoms. The minimum atomic E-state index is -4.10. The molecule has 0 aliphatic carbocycles. The van der Waals surface area contributed by atoms with Crippen molar-refractivity contribution >= 4 is 27.5 Å². The number of sulfonamides is 1. The van der Waals surface area contributed by atoms with E-state index in [9.17, 15) is 18.0 Å². The Balaban J connectivity index is 2.07. The van der Waals surface area contributed by atoms with Crippen molar-refractivity contribution in [2.24, 2.45) is 0 Å². The highest BCUT2D eigenvalue weighted by Gasteiger charge is 2.33. The molecule has 0 unspecified atom stereocenters. The molecule has 0 saturated carbocycles. The van der Waals surface area contributed by atoms with Gasteiger partial charge < -0.3 is 15.0 Å². The summed E-state index contributed by atoms with van der Waals surface area (Å²) in [6, 6.07) is 20.0. The smallest absolute Gasteiger partial charge is 0.264 e. The first kappa shape index (κ1) is 29.7. The number of hydrogen-bond donors (Lipinski definition) is 1. The van der Waals surface area contributed by atoms with Crippen molar-refractivity contribution in [1.82, 2.24) is 10.2 Å². The number of amides is 2. The van der Waals surface area contributed by atoms with Gasteiger partial charge in [0.15, 0.2) is 0 Å². The van der Waals surface area contributed by atoms with Crippen LogP contribution in [0.5, 0.6) is 5.75 Å². The summed E-state index contributed by atoms with van der Waals surface area (Å²) in [6.07, 6.45) is 0.358. The van der Waals surface area contributed by atoms with Crippen LogP contribution in [0.2, 0.25) is 0 Å². The summed E-state index contributed by atoms with van der Waals surface area (Å²) in [7, 11) is -2.54. The number of benzene rings is 3. The Labute approximate surface area is 231 Å². The number of likely N-dealkylation sites (N-methyl/N-ethyl adjacent to an activating group) is 1. The maximum Gasteiger partial charge on any atom is 0.264 e. The molecule has 0 aliphatic rings. The Morgan fingerprint density at radius 2 is 1.62 bits per heavy atom. The number of nitrogens with one attached hydrogen (secondary N) is 1. The lowest BCUT2D eigenvalue weighted by molar-refractivity contribution is -0.140. The lowest BCUT2D eigenvalue weighted by atomic mass is 10.1. The van der Waals surface area contributed by atoms with Crippen LogP contribution in [0.4, 0.5) is 5.69 Å². The second kappa shape index (κ2) is 13.3. The summed E-state index contributed by atoms with van der Waals surface area (Å²) < 4.78 is 34.2. The second-order valence-corrected chi connectivity index (χ2v) is 11.2. The minimum Gasteiger partial charge on any atom is -0.497 e. The Bertz CT molecular complexity index is 1390. The van der Waals surface area contributed by atoms with Gasteiger partial charge in [-0.15, -0.1) is 0 Å². The molecule has 3 rings (SSSR count). The van der Waals surface area contributed by atoms with Gasteiger partial charge in [-0.05, 0) is 74.7 Å². The first-order valence-corrected chi connectivity index (χ1v) is 14.4. The fourth-order valence-corrected chi connectivity index (χ4v) is 5.73. The number of carbonyl (C=O) groups is 2. The summed E-state index contributed by atoms with van der Waals surface area (Å²) in [6.45, 7) is 7.42. The highest BCUT2D eigenvalue weighted by Crippen LogP contribution is 2.26. The molecule has 0 radical (unpaired) electrons. The van der Waals surface area contributed by atoms with Crippen LogP contribution in [0.25, 0.3) is 0 Å². The summed E-state index contributed by atoms with van der Waals surface area (Å²) in [5.41, 5.74) is 2.90. The highest BCUT2D eigenvalue weighted by molar-refractivity contribution is 7.92. The van der Waals surface area contributed by atoms with Crippen molar-refractivity contribution < 1.29 is 22.7 Å². The number of carbonyl (C=O) groups excluding carboxylic acids is 2. The van der Waals surface area contributed by atoms with Crippen molar-refractivity contribution in [3.05, 3.63) is 89.5 Å². The van der Waals surface area contributed by atoms with Gasteiger partial charge in [0.25, 0.3) is 10.0 Å². The van der Waals surface area contributed by atoms with Gasteiger partial charge in [-0.2, -0.15) is 0 Å². The second-order valence-electron chi connectivity index (χ2n) is 9.36. The fourth-order valence-electron chi connectivity index (χ4n) is 4.33. The zero-order valence-corrected chi connectivity index (χ0v) is 24.0. The molecule has 0 spiro atoms. The van der Waals surface area contributed by atoms with E-state index < -0.39 is 28.5 Å². The average molecular weight is 552 g/mol. The monoisotopic (exact) mass is 551 g/mol. The van der Waals surface area contributed by atoms with E-state index in [1.807, 2.05) is 45.9 Å². The maximum absolute atomic E-state index is 14.0. The van der Waals surface area contributed by atoms with Gasteiger partial charge in [0.1, 0.15) is 18.3 Å². The van der Waals surface area contributed by atoms with Crippen LogP contribution in [0.1, 0.15) is 37.0 Å². The number of hydrogen-bond acceptors (Lipinski definition) is 5. The van der Waals surface area contributed by atoms with Crippen LogP contribution in [0.15, 0.2) is 77.7 Å². The lowest BCUT2D eigenvalue weighted by Gasteiger charge is -2.33. The van der Waals surface area contributed by atoms with E-state index in [4.69, 9.17) is 4.74 Å². The fraction of sp³-hybridized carbons (Fsp3) is 0.333. The van der Waals surface area contributed by atoms with Crippen molar-refractivity contribution in [2.45, 2.75) is 51.6 Å². The quantitative estimate of drug-likeness (QED) is 0.359. The normalized spacial score (nSPS) is 11.9. The van der Waals surface area contributed by atoms with Gasteiger partial charge in [0, 0.05) is 13.1 Å². The summed E-state index contributed by atoms with van der Waals surface area (Å²) in [4.78, 5) is 28.6. The molecule has 0 aromatic heterocycles. The van der Waals surface area contributed by atoms with Crippen LogP contribution in [0, 0.1) is 13.8 Å². The molecule has 208 valence electrons. The Hall–Kier alpha value is -3.85. The minimum absolute atomic E-state index is 0.0810. The van der Waals surface area contributed by atoms with Gasteiger partial charge in [-0.1, -0.05) is 48.9 Å². The zero-order chi connectivity index (χ0) is 28.6. The molecule has 0 aliphatic heterocycles. The van der Waals surface area contributed by atoms with Gasteiger partial charge in [-0.25, -0.2) is 8.42 Å². The van der Waals surface area contributed by atoms with E-state index in [0.29, 0.717) is 24.4 Å². The third-order valence-electron chi connectivity index (χ3n) is 6.40. The molecule has 0 heterocycles. The van der Waals surface area contributed by atoms with Crippen LogP contribution in [-0.4, -0.2) is 51.4 Å². The molecule has 0 fully saturated rings. The molecule has 0 saturated heterocycles. The summed E-state index contributed by atoms with van der Waals surface area (Å²) >= 11 is 0. The van der Waals surface area contributed by atoms with E-state index in [2.05, 4.69) is 5.32 Å². The molecule has 1 atom stereocenters. The van der Waals surface area contributed by atoms with Crippen LogP contribution < -0.4 is 14.4 Å². The molecule has 39 heavy (non-hydrogen) atoms. The van der Waals surface area contributed by atoms with Crippen molar-refractivity contribution in [1.29, 1.82) is 0 Å². The molecule has 1 N–H and O–H groups in total. The molecular weight excluding hydrogens is 514 g/mol. The number of anilines is 1. The van der Waals surface area contributed by atoms with E-state index in [-0.39, 0.29) is 17.3 Å². The number of nitrogens with zero attached hydrogens (tertiary/aromatic N) is 2. The molecular formula is C30H37N3O5S. The largest absolute Gasteiger partial charge is 0.497 e. The van der Waals surface area contributed by atoms with Crippen molar-refractivity contribution in [3.63, 3.8) is 0 Å². The van der Waals surface area contributed by atoms with Crippen LogP contribution in [0.3, 0.4) is 0 Å². The van der Waals surface area contributed by atoms with Gasteiger partial charge in [0.05, 0.1) is 17.7 Å². The van der Waals surface area contributed by atoms with E-state index in [1.54, 1.807) is 49.6 Å². The Morgan fingerprint density at radius 1 is 0.923 bits per heavy atom. The third kappa shape index (κ3) is 7.38. The van der Waals surface area contributed by atoms with Crippen LogP contribution >= 0.6 is 0 Å². The molecule has 2 amide bonds. The van der Waals surface area contributed by atoms with E-state index >= 15 is 0 Å². The lowest BCUT2D eigenvalue weighted by Crippen LogP contribution is -2.52. The summed E-state index contributed by atoms with van der Waals surface area (Å²) in [5.74, 6) is -0.165. The molecule has 0 bridgehead atoms.